The number of rotatable bonds is 6. The summed E-state index contributed by atoms with van der Waals surface area (Å²) in [4.78, 5) is 20.8. The molecule has 0 aliphatic rings. The maximum absolute atomic E-state index is 12.2. The highest BCUT2D eigenvalue weighted by Crippen LogP contribution is 2.27. The lowest BCUT2D eigenvalue weighted by Gasteiger charge is -2.06. The molecule has 4 aromatic rings. The molecule has 0 saturated carbocycles. The number of carbonyl (C=O) groups is 1. The fraction of sp³-hybridized carbons (Fsp3) is 0.211. The van der Waals surface area contributed by atoms with Crippen LogP contribution in [0.3, 0.4) is 0 Å². The van der Waals surface area contributed by atoms with Crippen molar-refractivity contribution >= 4 is 57.0 Å². The number of fused-ring (bicyclic) bond motifs is 3. The number of amides is 1. The molecule has 0 bridgehead atoms. The molecule has 0 aliphatic carbocycles. The SMILES string of the molecule is CCCn1c2ccccc2c2nnc(SCC(=O)Nc3cccnc3Cl)nc21. The molecule has 1 N–H and O–H groups in total. The Morgan fingerprint density at radius 2 is 2.07 bits per heavy atom. The fourth-order valence-corrected chi connectivity index (χ4v) is 3.74. The summed E-state index contributed by atoms with van der Waals surface area (Å²) < 4.78 is 2.15. The molecule has 7 nitrogen and oxygen atoms in total. The van der Waals surface area contributed by atoms with Crippen molar-refractivity contribution in [1.29, 1.82) is 0 Å². The quantitative estimate of drug-likeness (QED) is 0.378. The molecule has 1 amide bonds. The molecule has 0 saturated heterocycles. The fourth-order valence-electron chi connectivity index (χ4n) is 3.00. The van der Waals surface area contributed by atoms with Gasteiger partial charge in [0.25, 0.3) is 0 Å². The van der Waals surface area contributed by atoms with Crippen LogP contribution in [0.5, 0.6) is 0 Å². The van der Waals surface area contributed by atoms with Gasteiger partial charge in [-0.3, -0.25) is 4.79 Å². The van der Waals surface area contributed by atoms with Gasteiger partial charge < -0.3 is 9.88 Å². The Bertz CT molecular complexity index is 1160. The standard InChI is InChI=1S/C19H17ClN6OS/c1-2-10-26-14-8-4-3-6-12(14)16-18(26)23-19(25-24-16)28-11-15(27)22-13-7-5-9-21-17(13)20/h3-9H,2,10-11H2,1H3,(H,22,27). The molecule has 142 valence electrons. The van der Waals surface area contributed by atoms with E-state index in [0.717, 1.165) is 35.0 Å². The van der Waals surface area contributed by atoms with Gasteiger partial charge in [-0.25, -0.2) is 9.97 Å². The third-order valence-electron chi connectivity index (χ3n) is 4.17. The largest absolute Gasteiger partial charge is 0.324 e. The van der Waals surface area contributed by atoms with Gasteiger partial charge in [0.2, 0.25) is 11.1 Å². The number of hydrogen-bond donors (Lipinski definition) is 1. The Labute approximate surface area is 170 Å². The monoisotopic (exact) mass is 412 g/mol. The van der Waals surface area contributed by atoms with Crippen LogP contribution in [0.2, 0.25) is 5.15 Å². The van der Waals surface area contributed by atoms with Crippen molar-refractivity contribution in [2.24, 2.45) is 0 Å². The van der Waals surface area contributed by atoms with E-state index in [0.29, 0.717) is 10.8 Å². The number of carbonyl (C=O) groups excluding carboxylic acids is 1. The number of pyridine rings is 1. The molecule has 0 unspecified atom stereocenters. The van der Waals surface area contributed by atoms with Gasteiger partial charge in [0, 0.05) is 18.1 Å². The lowest BCUT2D eigenvalue weighted by molar-refractivity contribution is -0.113. The minimum Gasteiger partial charge on any atom is -0.324 e. The zero-order chi connectivity index (χ0) is 19.5. The number of para-hydroxylation sites is 1. The number of thioether (sulfide) groups is 1. The van der Waals surface area contributed by atoms with Crippen LogP contribution >= 0.6 is 23.4 Å². The average molecular weight is 413 g/mol. The van der Waals surface area contributed by atoms with E-state index in [1.807, 2.05) is 18.2 Å². The van der Waals surface area contributed by atoms with Gasteiger partial charge >= 0.3 is 0 Å². The van der Waals surface area contributed by atoms with Crippen molar-refractivity contribution in [2.75, 3.05) is 11.1 Å². The Morgan fingerprint density at radius 3 is 2.89 bits per heavy atom. The molecule has 3 heterocycles. The van der Waals surface area contributed by atoms with E-state index in [2.05, 4.69) is 43.0 Å². The number of nitrogens with zero attached hydrogens (tertiary/aromatic N) is 5. The molecule has 4 rings (SSSR count). The minimum absolute atomic E-state index is 0.145. The minimum atomic E-state index is -0.210. The van der Waals surface area contributed by atoms with Crippen molar-refractivity contribution in [2.45, 2.75) is 25.0 Å². The predicted octanol–water partition coefficient (Wildman–Crippen LogP) is 4.17. The topological polar surface area (TPSA) is 85.6 Å². The number of nitrogens with one attached hydrogen (secondary N) is 1. The third kappa shape index (κ3) is 3.65. The van der Waals surface area contributed by atoms with E-state index in [1.165, 1.54) is 11.8 Å². The molecular weight excluding hydrogens is 396 g/mol. The van der Waals surface area contributed by atoms with Crippen LogP contribution in [0.4, 0.5) is 5.69 Å². The van der Waals surface area contributed by atoms with Crippen LogP contribution in [0.1, 0.15) is 13.3 Å². The van der Waals surface area contributed by atoms with Crippen LogP contribution in [0.15, 0.2) is 47.8 Å². The zero-order valence-electron chi connectivity index (χ0n) is 15.1. The molecule has 0 aliphatic heterocycles. The molecule has 0 fully saturated rings. The highest BCUT2D eigenvalue weighted by atomic mass is 35.5. The number of aryl methyl sites for hydroxylation is 1. The summed E-state index contributed by atoms with van der Waals surface area (Å²) in [5.74, 6) is -0.0652. The molecular formula is C19H17ClN6OS. The highest BCUT2D eigenvalue weighted by Gasteiger charge is 2.15. The van der Waals surface area contributed by atoms with Crippen molar-refractivity contribution in [3.8, 4) is 0 Å². The van der Waals surface area contributed by atoms with Gasteiger partial charge in [0.15, 0.2) is 10.8 Å². The lowest BCUT2D eigenvalue weighted by atomic mass is 10.2. The Hall–Kier alpha value is -2.71. The van der Waals surface area contributed by atoms with Gasteiger partial charge in [-0.2, -0.15) is 0 Å². The van der Waals surface area contributed by atoms with Gasteiger partial charge in [0.1, 0.15) is 5.52 Å². The normalized spacial score (nSPS) is 11.2. The van der Waals surface area contributed by atoms with Gasteiger partial charge in [-0.1, -0.05) is 48.5 Å². The Balaban J connectivity index is 1.56. The van der Waals surface area contributed by atoms with E-state index in [1.54, 1.807) is 18.3 Å². The van der Waals surface area contributed by atoms with Gasteiger partial charge in [-0.05, 0) is 24.6 Å². The van der Waals surface area contributed by atoms with E-state index < -0.39 is 0 Å². The van der Waals surface area contributed by atoms with Crippen LogP contribution in [0, 0.1) is 0 Å². The first-order valence-electron chi connectivity index (χ1n) is 8.82. The summed E-state index contributed by atoms with van der Waals surface area (Å²) in [5.41, 5.74) is 3.14. The number of aromatic nitrogens is 5. The van der Waals surface area contributed by atoms with Crippen LogP contribution < -0.4 is 5.32 Å². The van der Waals surface area contributed by atoms with Gasteiger partial charge in [0.05, 0.1) is 17.0 Å². The van der Waals surface area contributed by atoms with Crippen molar-refractivity contribution in [1.82, 2.24) is 24.7 Å². The maximum atomic E-state index is 12.2. The summed E-state index contributed by atoms with van der Waals surface area (Å²) >= 11 is 7.20. The average Bonchev–Trinajstić information content (AvgIpc) is 3.02. The highest BCUT2D eigenvalue weighted by molar-refractivity contribution is 7.99. The van der Waals surface area contributed by atoms with Crippen molar-refractivity contribution in [3.05, 3.63) is 47.7 Å². The molecule has 1 aromatic carbocycles. The number of halogens is 1. The van der Waals surface area contributed by atoms with Crippen LogP contribution in [-0.4, -0.2) is 36.4 Å². The lowest BCUT2D eigenvalue weighted by Crippen LogP contribution is -2.15. The first kappa shape index (κ1) is 18.6. The summed E-state index contributed by atoms with van der Waals surface area (Å²) in [6.07, 6.45) is 2.55. The van der Waals surface area contributed by atoms with Crippen LogP contribution in [-0.2, 0) is 11.3 Å². The predicted molar refractivity (Wildman–Crippen MR) is 112 cm³/mol. The second-order valence-corrected chi connectivity index (χ2v) is 7.41. The Morgan fingerprint density at radius 1 is 1.21 bits per heavy atom. The van der Waals surface area contributed by atoms with E-state index in [-0.39, 0.29) is 16.8 Å². The smallest absolute Gasteiger partial charge is 0.234 e. The molecule has 3 aromatic heterocycles. The molecule has 0 radical (unpaired) electrons. The second kappa shape index (κ2) is 8.12. The number of benzene rings is 1. The number of hydrogen-bond acceptors (Lipinski definition) is 6. The Kier molecular flexibility index (Phi) is 5.40. The van der Waals surface area contributed by atoms with Crippen LogP contribution in [0.25, 0.3) is 22.1 Å². The number of anilines is 1. The molecule has 0 atom stereocenters. The summed E-state index contributed by atoms with van der Waals surface area (Å²) in [6, 6.07) is 11.5. The molecule has 9 heteroatoms. The maximum Gasteiger partial charge on any atom is 0.234 e. The first-order valence-corrected chi connectivity index (χ1v) is 10.2. The zero-order valence-corrected chi connectivity index (χ0v) is 16.7. The molecule has 28 heavy (non-hydrogen) atoms. The van der Waals surface area contributed by atoms with Crippen molar-refractivity contribution < 1.29 is 4.79 Å². The third-order valence-corrected chi connectivity index (χ3v) is 5.31. The summed E-state index contributed by atoms with van der Waals surface area (Å²) in [5, 5.41) is 13.0. The van der Waals surface area contributed by atoms with Gasteiger partial charge in [-0.15, -0.1) is 10.2 Å². The van der Waals surface area contributed by atoms with Crippen molar-refractivity contribution in [3.63, 3.8) is 0 Å². The second-order valence-electron chi connectivity index (χ2n) is 6.11. The van der Waals surface area contributed by atoms with E-state index >= 15 is 0 Å². The summed E-state index contributed by atoms with van der Waals surface area (Å²) in [6.45, 7) is 2.96. The first-order chi connectivity index (χ1) is 13.7. The molecule has 0 spiro atoms. The summed E-state index contributed by atoms with van der Waals surface area (Å²) in [7, 11) is 0. The van der Waals surface area contributed by atoms with E-state index in [9.17, 15) is 4.79 Å². The van der Waals surface area contributed by atoms with E-state index in [4.69, 9.17) is 11.6 Å².